The number of benzene rings is 1. The molecule has 6 nitrogen and oxygen atoms in total. The molecule has 148 valence electrons. The zero-order valence-electron chi connectivity index (χ0n) is 16.1. The fourth-order valence-corrected chi connectivity index (χ4v) is 4.51. The molecule has 1 aliphatic carbocycles. The largest absolute Gasteiger partial charge is 0.444 e. The van der Waals surface area contributed by atoms with Crippen molar-refractivity contribution in [3.05, 3.63) is 22.7 Å². The number of ether oxygens (including phenoxy) is 1. The lowest BCUT2D eigenvalue weighted by molar-refractivity contribution is -0.120. The quantitative estimate of drug-likeness (QED) is 0.665. The minimum Gasteiger partial charge on any atom is -0.444 e. The summed E-state index contributed by atoms with van der Waals surface area (Å²) in [6, 6.07) is 4.88. The molecule has 1 saturated carbocycles. The first-order valence-corrected chi connectivity index (χ1v) is 10.3. The third-order valence-corrected chi connectivity index (χ3v) is 5.76. The molecule has 3 rings (SSSR count). The molecule has 2 fully saturated rings. The van der Waals surface area contributed by atoms with Crippen LogP contribution in [-0.4, -0.2) is 34.6 Å². The van der Waals surface area contributed by atoms with Gasteiger partial charge in [0, 0.05) is 10.5 Å². The number of hydrogen-bond donors (Lipinski definition) is 2. The van der Waals surface area contributed by atoms with Crippen LogP contribution in [0.1, 0.15) is 52.9 Å². The van der Waals surface area contributed by atoms with Gasteiger partial charge in [-0.1, -0.05) is 28.8 Å². The fourth-order valence-electron chi connectivity index (χ4n) is 4.13. The third kappa shape index (κ3) is 4.57. The maximum absolute atomic E-state index is 13.0. The number of amides is 2. The molecule has 7 heteroatoms. The predicted octanol–water partition coefficient (Wildman–Crippen LogP) is 4.54. The fraction of sp³-hybridized carbons (Fsp3) is 0.600. The van der Waals surface area contributed by atoms with Crippen LogP contribution in [0.2, 0.25) is 0 Å². The molecule has 27 heavy (non-hydrogen) atoms. The van der Waals surface area contributed by atoms with Crippen molar-refractivity contribution >= 4 is 39.3 Å². The third-order valence-electron chi connectivity index (χ3n) is 5.27. The summed E-state index contributed by atoms with van der Waals surface area (Å²) in [7, 11) is 0. The average molecular weight is 438 g/mol. The van der Waals surface area contributed by atoms with Crippen molar-refractivity contribution in [2.75, 3.05) is 11.1 Å². The minimum absolute atomic E-state index is 0.0756. The second kappa shape index (κ2) is 7.70. The van der Waals surface area contributed by atoms with E-state index in [1.165, 1.54) is 0 Å². The van der Waals surface area contributed by atoms with Gasteiger partial charge < -0.3 is 15.8 Å². The lowest BCUT2D eigenvalue weighted by Crippen LogP contribution is -2.49. The summed E-state index contributed by atoms with van der Waals surface area (Å²) in [5.74, 6) is 0.147. The summed E-state index contributed by atoms with van der Waals surface area (Å²) >= 11 is 3.36. The average Bonchev–Trinajstić information content (AvgIpc) is 2.95. The molecule has 0 spiro atoms. The number of likely N-dealkylation sites (tertiary alicyclic amines) is 1. The van der Waals surface area contributed by atoms with Gasteiger partial charge >= 0.3 is 6.09 Å². The van der Waals surface area contributed by atoms with Crippen molar-refractivity contribution in [1.82, 2.24) is 4.90 Å². The smallest absolute Gasteiger partial charge is 0.411 e. The molecular weight excluding hydrogens is 410 g/mol. The number of halogens is 1. The van der Waals surface area contributed by atoms with Crippen LogP contribution < -0.4 is 11.1 Å². The van der Waals surface area contributed by atoms with Crippen molar-refractivity contribution in [3.8, 4) is 0 Å². The first kappa shape index (κ1) is 20.0. The molecule has 1 saturated heterocycles. The van der Waals surface area contributed by atoms with Crippen LogP contribution in [0.15, 0.2) is 22.7 Å². The van der Waals surface area contributed by atoms with Crippen LogP contribution in [-0.2, 0) is 9.53 Å². The standard InChI is InChI=1S/C20H28BrN3O3/c1-20(2,3)27-19(26)24-16-7-5-4-6-12(16)10-17(24)18(25)23-15-9-8-13(21)11-14(15)22/h8-9,11-12,16-17H,4-7,10,22H2,1-3H3,(H,23,25)/t12?,16-,17?/m0/s1. The zero-order chi connectivity index (χ0) is 19.8. The van der Waals surface area contributed by atoms with E-state index in [-0.39, 0.29) is 11.9 Å². The Morgan fingerprint density at radius 3 is 2.63 bits per heavy atom. The summed E-state index contributed by atoms with van der Waals surface area (Å²) in [6.45, 7) is 5.53. The molecule has 3 N–H and O–H groups in total. The van der Waals surface area contributed by atoms with E-state index in [0.29, 0.717) is 23.7 Å². The van der Waals surface area contributed by atoms with Crippen molar-refractivity contribution < 1.29 is 14.3 Å². The first-order valence-electron chi connectivity index (χ1n) is 9.53. The lowest BCUT2D eigenvalue weighted by Gasteiger charge is -2.34. The molecule has 2 aliphatic rings. The molecular formula is C20H28BrN3O3. The van der Waals surface area contributed by atoms with Crippen LogP contribution in [0.5, 0.6) is 0 Å². The molecule has 1 aromatic carbocycles. The molecule has 1 aliphatic heterocycles. The van der Waals surface area contributed by atoms with Gasteiger partial charge in [-0.05, 0) is 64.2 Å². The summed E-state index contributed by atoms with van der Waals surface area (Å²) in [4.78, 5) is 27.6. The van der Waals surface area contributed by atoms with Crippen molar-refractivity contribution in [2.45, 2.75) is 70.6 Å². The van der Waals surface area contributed by atoms with Crippen LogP contribution in [0.3, 0.4) is 0 Å². The van der Waals surface area contributed by atoms with Gasteiger partial charge in [-0.15, -0.1) is 0 Å². The number of nitrogens with two attached hydrogens (primary N) is 1. The highest BCUT2D eigenvalue weighted by Crippen LogP contribution is 2.41. The number of nitrogens with zero attached hydrogens (tertiary/aromatic N) is 1. The molecule has 0 bridgehead atoms. The summed E-state index contributed by atoms with van der Waals surface area (Å²) in [5.41, 5.74) is 6.46. The Bertz CT molecular complexity index is 732. The SMILES string of the molecule is CC(C)(C)OC(=O)N1C(C(=O)Nc2ccc(Br)cc2N)CC2CCCC[C@@H]21. The highest BCUT2D eigenvalue weighted by atomic mass is 79.9. The Hall–Kier alpha value is -1.76. The van der Waals surface area contributed by atoms with Gasteiger partial charge in [-0.25, -0.2) is 4.79 Å². The Balaban J connectivity index is 1.81. The molecule has 1 heterocycles. The van der Waals surface area contributed by atoms with E-state index >= 15 is 0 Å². The molecule has 3 atom stereocenters. The number of fused-ring (bicyclic) bond motifs is 1. The first-order chi connectivity index (χ1) is 12.7. The van der Waals surface area contributed by atoms with Crippen molar-refractivity contribution in [1.29, 1.82) is 0 Å². The van der Waals surface area contributed by atoms with E-state index in [2.05, 4.69) is 21.2 Å². The number of nitrogens with one attached hydrogen (secondary N) is 1. The van der Waals surface area contributed by atoms with Gasteiger partial charge in [0.15, 0.2) is 0 Å². The van der Waals surface area contributed by atoms with E-state index in [0.717, 1.165) is 30.2 Å². The van der Waals surface area contributed by atoms with Gasteiger partial charge in [0.1, 0.15) is 11.6 Å². The Labute approximate surface area is 168 Å². The zero-order valence-corrected chi connectivity index (χ0v) is 17.7. The van der Waals surface area contributed by atoms with Crippen LogP contribution >= 0.6 is 15.9 Å². The molecule has 2 amide bonds. The number of nitrogen functional groups attached to an aromatic ring is 1. The highest BCUT2D eigenvalue weighted by Gasteiger charge is 2.48. The Morgan fingerprint density at radius 2 is 1.96 bits per heavy atom. The minimum atomic E-state index is -0.596. The molecule has 0 aromatic heterocycles. The van der Waals surface area contributed by atoms with Gasteiger partial charge in [-0.3, -0.25) is 9.69 Å². The number of anilines is 2. The molecule has 0 radical (unpaired) electrons. The number of rotatable bonds is 2. The summed E-state index contributed by atoms with van der Waals surface area (Å²) in [6.07, 6.45) is 4.47. The van der Waals surface area contributed by atoms with Crippen molar-refractivity contribution in [3.63, 3.8) is 0 Å². The van der Waals surface area contributed by atoms with Crippen LogP contribution in [0.25, 0.3) is 0 Å². The maximum atomic E-state index is 13.0. The predicted molar refractivity (Wildman–Crippen MR) is 109 cm³/mol. The van der Waals surface area contributed by atoms with E-state index in [9.17, 15) is 9.59 Å². The second-order valence-electron chi connectivity index (χ2n) is 8.47. The number of carbonyl (C=O) groups excluding carboxylic acids is 2. The van der Waals surface area contributed by atoms with Crippen LogP contribution in [0, 0.1) is 5.92 Å². The lowest BCUT2D eigenvalue weighted by atomic mass is 9.85. The molecule has 2 unspecified atom stereocenters. The topological polar surface area (TPSA) is 84.7 Å². The number of carbonyl (C=O) groups is 2. The van der Waals surface area contributed by atoms with Gasteiger partial charge in [0.25, 0.3) is 0 Å². The summed E-state index contributed by atoms with van der Waals surface area (Å²) in [5, 5.41) is 2.90. The Morgan fingerprint density at radius 1 is 1.26 bits per heavy atom. The van der Waals surface area contributed by atoms with Gasteiger partial charge in [0.05, 0.1) is 11.4 Å². The van der Waals surface area contributed by atoms with Crippen molar-refractivity contribution in [2.24, 2.45) is 5.92 Å². The van der Waals surface area contributed by atoms with E-state index in [1.807, 2.05) is 26.8 Å². The normalized spacial score (nSPS) is 25.0. The monoisotopic (exact) mass is 437 g/mol. The van der Waals surface area contributed by atoms with E-state index in [4.69, 9.17) is 10.5 Å². The van der Waals surface area contributed by atoms with Gasteiger partial charge in [-0.2, -0.15) is 0 Å². The van der Waals surface area contributed by atoms with E-state index < -0.39 is 17.7 Å². The highest BCUT2D eigenvalue weighted by molar-refractivity contribution is 9.10. The maximum Gasteiger partial charge on any atom is 0.411 e. The summed E-state index contributed by atoms with van der Waals surface area (Å²) < 4.78 is 6.46. The number of hydrogen-bond acceptors (Lipinski definition) is 4. The van der Waals surface area contributed by atoms with E-state index in [1.54, 1.807) is 17.0 Å². The molecule has 1 aromatic rings. The second-order valence-corrected chi connectivity index (χ2v) is 9.39. The van der Waals surface area contributed by atoms with Crippen LogP contribution in [0.4, 0.5) is 16.2 Å². The van der Waals surface area contributed by atoms with Gasteiger partial charge in [0.2, 0.25) is 5.91 Å². The Kier molecular flexibility index (Phi) is 5.70.